The minimum Gasteiger partial charge on any atom is -0.383 e. The normalized spacial score (nSPS) is 28.5. The molecule has 1 amide bonds. The molecule has 2 bridgehead atoms. The molecule has 142 valence electrons. The summed E-state index contributed by atoms with van der Waals surface area (Å²) in [7, 11) is 1.62. The van der Waals surface area contributed by atoms with E-state index in [1.807, 2.05) is 12.1 Å². The second-order valence-electron chi connectivity index (χ2n) is 7.92. The van der Waals surface area contributed by atoms with Crippen LogP contribution in [0.5, 0.6) is 0 Å². The van der Waals surface area contributed by atoms with Crippen molar-refractivity contribution in [2.45, 2.75) is 31.7 Å². The van der Waals surface area contributed by atoms with E-state index in [1.165, 1.54) is 25.7 Å². The zero-order chi connectivity index (χ0) is 17.9. The molecule has 4 rings (SSSR count). The van der Waals surface area contributed by atoms with Crippen LogP contribution < -0.4 is 10.2 Å². The molecule has 1 aromatic heterocycles. The van der Waals surface area contributed by atoms with Crippen molar-refractivity contribution in [3.8, 4) is 0 Å². The molecule has 3 atom stereocenters. The van der Waals surface area contributed by atoms with E-state index in [0.29, 0.717) is 18.7 Å². The van der Waals surface area contributed by atoms with E-state index >= 15 is 0 Å². The molecular formula is C20H30N4O2. The van der Waals surface area contributed by atoms with Crippen LogP contribution in [0.2, 0.25) is 0 Å². The summed E-state index contributed by atoms with van der Waals surface area (Å²) in [5, 5.41) is 2.82. The molecule has 0 aromatic carbocycles. The number of rotatable bonds is 6. The van der Waals surface area contributed by atoms with Crippen LogP contribution in [0.3, 0.4) is 0 Å². The molecule has 6 nitrogen and oxygen atoms in total. The summed E-state index contributed by atoms with van der Waals surface area (Å²) in [6.07, 6.45) is 7.50. The number of piperazine rings is 1. The first-order chi connectivity index (χ1) is 12.7. The quantitative estimate of drug-likeness (QED) is 0.786. The molecule has 6 heteroatoms. The summed E-state index contributed by atoms with van der Waals surface area (Å²) < 4.78 is 4.95. The lowest BCUT2D eigenvalue weighted by atomic mass is 9.93. The number of ether oxygens (including phenoxy) is 1. The number of aromatic nitrogens is 1. The van der Waals surface area contributed by atoms with Crippen molar-refractivity contribution in [3.63, 3.8) is 0 Å². The van der Waals surface area contributed by atoms with Crippen LogP contribution in [0, 0.1) is 11.8 Å². The Bertz CT molecular complexity index is 613. The summed E-state index contributed by atoms with van der Waals surface area (Å²) in [6, 6.07) is 4.67. The number of carbonyl (C=O) groups is 1. The van der Waals surface area contributed by atoms with Gasteiger partial charge in [0, 0.05) is 52.1 Å². The summed E-state index contributed by atoms with van der Waals surface area (Å²) in [6.45, 7) is 5.36. The van der Waals surface area contributed by atoms with Crippen LogP contribution in [0.4, 0.5) is 5.82 Å². The topological polar surface area (TPSA) is 57.7 Å². The maximum Gasteiger partial charge on any atom is 0.252 e. The van der Waals surface area contributed by atoms with Gasteiger partial charge >= 0.3 is 0 Å². The predicted molar refractivity (Wildman–Crippen MR) is 101 cm³/mol. The fourth-order valence-corrected chi connectivity index (χ4v) is 5.02. The number of pyridine rings is 1. The summed E-state index contributed by atoms with van der Waals surface area (Å²) >= 11 is 0. The summed E-state index contributed by atoms with van der Waals surface area (Å²) in [4.78, 5) is 21.6. The number of hydrogen-bond acceptors (Lipinski definition) is 5. The number of hydrogen-bond donors (Lipinski definition) is 1. The third kappa shape index (κ3) is 3.71. The van der Waals surface area contributed by atoms with Crippen LogP contribution in [0.25, 0.3) is 0 Å². The zero-order valence-corrected chi connectivity index (χ0v) is 15.7. The highest BCUT2D eigenvalue weighted by molar-refractivity contribution is 5.94. The van der Waals surface area contributed by atoms with Crippen LogP contribution in [0.15, 0.2) is 18.3 Å². The highest BCUT2D eigenvalue weighted by atomic mass is 16.5. The minimum absolute atomic E-state index is 0.0952. The second kappa shape index (κ2) is 7.92. The maximum atomic E-state index is 12.0. The second-order valence-corrected chi connectivity index (χ2v) is 7.92. The van der Waals surface area contributed by atoms with Gasteiger partial charge in [-0.1, -0.05) is 6.42 Å². The molecule has 3 aliphatic rings. The van der Waals surface area contributed by atoms with E-state index in [4.69, 9.17) is 4.74 Å². The number of anilines is 1. The van der Waals surface area contributed by atoms with E-state index in [9.17, 15) is 4.79 Å². The zero-order valence-electron chi connectivity index (χ0n) is 15.7. The predicted octanol–water partition coefficient (Wildman–Crippen LogP) is 1.77. The molecular weight excluding hydrogens is 328 g/mol. The highest BCUT2D eigenvalue weighted by Crippen LogP contribution is 2.46. The smallest absolute Gasteiger partial charge is 0.252 e. The van der Waals surface area contributed by atoms with Crippen LogP contribution >= 0.6 is 0 Å². The monoisotopic (exact) mass is 358 g/mol. The van der Waals surface area contributed by atoms with E-state index < -0.39 is 0 Å². The Hall–Kier alpha value is -1.66. The van der Waals surface area contributed by atoms with Gasteiger partial charge in [-0.3, -0.25) is 9.69 Å². The Kier molecular flexibility index (Phi) is 5.41. The highest BCUT2D eigenvalue weighted by Gasteiger charge is 2.42. The molecule has 2 aliphatic carbocycles. The number of carbonyl (C=O) groups excluding carboxylic acids is 1. The SMILES string of the molecule is COCCNC(=O)c1ccc(N2CCN(C3CC4CCC3C4)CC2)nc1. The van der Waals surface area contributed by atoms with Crippen molar-refractivity contribution in [1.29, 1.82) is 0 Å². The Balaban J connectivity index is 1.28. The third-order valence-electron chi connectivity index (χ3n) is 6.41. The van der Waals surface area contributed by atoms with Crippen LogP contribution in [-0.2, 0) is 4.74 Å². The molecule has 1 aliphatic heterocycles. The Morgan fingerprint density at radius 3 is 2.69 bits per heavy atom. The Labute approximate surface area is 155 Å². The van der Waals surface area contributed by atoms with Gasteiger partial charge in [-0.05, 0) is 43.2 Å². The lowest BCUT2D eigenvalue weighted by Gasteiger charge is -2.41. The van der Waals surface area contributed by atoms with Gasteiger partial charge in [-0.25, -0.2) is 4.98 Å². The van der Waals surface area contributed by atoms with Crippen molar-refractivity contribution < 1.29 is 9.53 Å². The fourth-order valence-electron chi connectivity index (χ4n) is 5.02. The van der Waals surface area contributed by atoms with Crippen molar-refractivity contribution >= 4 is 11.7 Å². The average Bonchev–Trinajstić information content (AvgIpc) is 3.32. The molecule has 2 saturated carbocycles. The molecule has 1 N–H and O–H groups in total. The standard InChI is InChI=1S/C20H30N4O2/c1-26-11-6-21-20(25)17-4-5-19(22-14-17)24-9-7-23(8-10-24)18-13-15-2-3-16(18)12-15/h4-5,14-16,18H,2-3,6-13H2,1H3,(H,21,25). The van der Waals surface area contributed by atoms with Gasteiger partial charge in [0.15, 0.2) is 0 Å². The van der Waals surface area contributed by atoms with Gasteiger partial charge in [-0.15, -0.1) is 0 Å². The Morgan fingerprint density at radius 2 is 2.08 bits per heavy atom. The van der Waals surface area contributed by atoms with Crippen molar-refractivity contribution in [2.24, 2.45) is 11.8 Å². The van der Waals surface area contributed by atoms with E-state index in [2.05, 4.69) is 20.1 Å². The van der Waals surface area contributed by atoms with Crippen LogP contribution in [-0.4, -0.2) is 68.3 Å². The molecule has 3 fully saturated rings. The third-order valence-corrected chi connectivity index (χ3v) is 6.41. The number of nitrogens with zero attached hydrogens (tertiary/aromatic N) is 3. The maximum absolute atomic E-state index is 12.0. The molecule has 1 saturated heterocycles. The molecule has 0 radical (unpaired) electrons. The molecule has 3 unspecified atom stereocenters. The van der Waals surface area contributed by atoms with E-state index in [1.54, 1.807) is 13.3 Å². The summed E-state index contributed by atoms with van der Waals surface area (Å²) in [5.41, 5.74) is 0.602. The number of amides is 1. The first-order valence-electron chi connectivity index (χ1n) is 9.97. The number of fused-ring (bicyclic) bond motifs is 2. The fraction of sp³-hybridized carbons (Fsp3) is 0.700. The minimum atomic E-state index is -0.0952. The number of nitrogens with one attached hydrogen (secondary N) is 1. The lowest BCUT2D eigenvalue weighted by Crippen LogP contribution is -2.52. The summed E-state index contributed by atoms with van der Waals surface area (Å²) in [5.74, 6) is 2.85. The van der Waals surface area contributed by atoms with Gasteiger partial charge in [-0.2, -0.15) is 0 Å². The van der Waals surface area contributed by atoms with Gasteiger partial charge in [0.25, 0.3) is 5.91 Å². The van der Waals surface area contributed by atoms with Gasteiger partial charge < -0.3 is 15.0 Å². The average molecular weight is 358 g/mol. The first-order valence-corrected chi connectivity index (χ1v) is 9.97. The molecule has 0 spiro atoms. The largest absolute Gasteiger partial charge is 0.383 e. The molecule has 2 heterocycles. The first kappa shape index (κ1) is 17.7. The molecule has 1 aromatic rings. The molecule has 26 heavy (non-hydrogen) atoms. The van der Waals surface area contributed by atoms with Gasteiger partial charge in [0.05, 0.1) is 12.2 Å². The van der Waals surface area contributed by atoms with Gasteiger partial charge in [0.2, 0.25) is 0 Å². The van der Waals surface area contributed by atoms with E-state index in [-0.39, 0.29) is 5.91 Å². The lowest BCUT2D eigenvalue weighted by molar-refractivity contribution is 0.0936. The van der Waals surface area contributed by atoms with E-state index in [0.717, 1.165) is 49.9 Å². The van der Waals surface area contributed by atoms with Crippen molar-refractivity contribution in [3.05, 3.63) is 23.9 Å². The number of methoxy groups -OCH3 is 1. The van der Waals surface area contributed by atoms with Crippen molar-refractivity contribution in [2.75, 3.05) is 51.3 Å². The van der Waals surface area contributed by atoms with Crippen LogP contribution in [0.1, 0.15) is 36.0 Å². The Morgan fingerprint density at radius 1 is 1.23 bits per heavy atom. The van der Waals surface area contributed by atoms with Crippen molar-refractivity contribution in [1.82, 2.24) is 15.2 Å². The van der Waals surface area contributed by atoms with Gasteiger partial charge in [0.1, 0.15) is 5.82 Å².